The fourth-order valence-corrected chi connectivity index (χ4v) is 5.42. The second kappa shape index (κ2) is 10.2. The molecule has 1 unspecified atom stereocenters. The maximum atomic E-state index is 13.6. The van der Waals surface area contributed by atoms with Crippen molar-refractivity contribution >= 4 is 7.60 Å². The van der Waals surface area contributed by atoms with Crippen LogP contribution in [0.5, 0.6) is 0 Å². The van der Waals surface area contributed by atoms with Gasteiger partial charge in [0.2, 0.25) is 0 Å². The van der Waals surface area contributed by atoms with Crippen LogP contribution in [-0.4, -0.2) is 19.0 Å². The van der Waals surface area contributed by atoms with E-state index in [4.69, 9.17) is 9.05 Å². The predicted molar refractivity (Wildman–Crippen MR) is 123 cm³/mol. The first kappa shape index (κ1) is 22.5. The summed E-state index contributed by atoms with van der Waals surface area (Å²) in [7, 11) is -3.38. The summed E-state index contributed by atoms with van der Waals surface area (Å²) in [6.45, 7) is 6.17. The lowest BCUT2D eigenvalue weighted by molar-refractivity contribution is 0.205. The van der Waals surface area contributed by atoms with E-state index in [1.165, 1.54) is 0 Å². The highest BCUT2D eigenvalue weighted by molar-refractivity contribution is 7.54. The first-order chi connectivity index (χ1) is 14.6. The molecule has 0 bridgehead atoms. The van der Waals surface area contributed by atoms with Crippen molar-refractivity contribution < 1.29 is 13.6 Å². The Balaban J connectivity index is 2.22. The van der Waals surface area contributed by atoms with Gasteiger partial charge in [-0.2, -0.15) is 0 Å². The molecular weight excluding hydrogens is 393 g/mol. The van der Waals surface area contributed by atoms with E-state index in [0.717, 1.165) is 16.7 Å². The van der Waals surface area contributed by atoms with Crippen LogP contribution in [0.15, 0.2) is 91.0 Å². The maximum absolute atomic E-state index is 13.6. The molecular formula is C25H30NO3P. The summed E-state index contributed by atoms with van der Waals surface area (Å²) in [4.78, 5) is 0. The number of hydrogen-bond acceptors (Lipinski definition) is 4. The van der Waals surface area contributed by atoms with Crippen molar-refractivity contribution in [1.29, 1.82) is 0 Å². The summed E-state index contributed by atoms with van der Waals surface area (Å²) < 4.78 is 24.9. The molecule has 3 aromatic rings. The van der Waals surface area contributed by atoms with Crippen molar-refractivity contribution in [3.05, 3.63) is 108 Å². The fraction of sp³-hybridized carbons (Fsp3) is 0.280. The summed E-state index contributed by atoms with van der Waals surface area (Å²) >= 11 is 0. The molecule has 0 aromatic heterocycles. The Labute approximate surface area is 179 Å². The molecule has 0 saturated carbocycles. The van der Waals surface area contributed by atoms with Crippen molar-refractivity contribution in [1.82, 2.24) is 5.32 Å². The van der Waals surface area contributed by atoms with E-state index in [9.17, 15) is 4.57 Å². The first-order valence-corrected chi connectivity index (χ1v) is 12.0. The zero-order chi connectivity index (χ0) is 21.5. The molecule has 4 nitrogen and oxygen atoms in total. The minimum absolute atomic E-state index is 0.318. The van der Waals surface area contributed by atoms with Gasteiger partial charge in [-0.3, -0.25) is 9.88 Å². The maximum Gasteiger partial charge on any atom is 0.347 e. The minimum Gasteiger partial charge on any atom is -0.308 e. The van der Waals surface area contributed by atoms with Gasteiger partial charge in [-0.25, -0.2) is 0 Å². The van der Waals surface area contributed by atoms with E-state index in [1.54, 1.807) is 0 Å². The summed E-state index contributed by atoms with van der Waals surface area (Å²) in [5.74, 6) is -0.544. The van der Waals surface area contributed by atoms with Crippen LogP contribution in [0.2, 0.25) is 0 Å². The van der Waals surface area contributed by atoms with Crippen LogP contribution in [0.4, 0.5) is 0 Å². The van der Waals surface area contributed by atoms with Crippen molar-refractivity contribution in [3.63, 3.8) is 0 Å². The number of hydrogen-bond donors (Lipinski definition) is 1. The van der Waals surface area contributed by atoms with Gasteiger partial charge in [-0.15, -0.1) is 0 Å². The van der Waals surface area contributed by atoms with Gasteiger partial charge in [0.05, 0.1) is 18.8 Å². The molecule has 0 aliphatic heterocycles. The van der Waals surface area contributed by atoms with E-state index in [1.807, 2.05) is 75.4 Å². The molecule has 5 heteroatoms. The normalized spacial score (nSPS) is 13.2. The third-order valence-corrected chi connectivity index (χ3v) is 7.45. The second-order valence-corrected chi connectivity index (χ2v) is 9.41. The molecule has 30 heavy (non-hydrogen) atoms. The van der Waals surface area contributed by atoms with Crippen LogP contribution in [0.3, 0.4) is 0 Å². The fourth-order valence-electron chi connectivity index (χ4n) is 3.83. The Morgan fingerprint density at radius 3 is 1.37 bits per heavy atom. The monoisotopic (exact) mass is 423 g/mol. The van der Waals surface area contributed by atoms with Crippen molar-refractivity contribution in [2.24, 2.45) is 0 Å². The molecule has 3 rings (SSSR count). The molecule has 0 amide bonds. The molecule has 1 N–H and O–H groups in total. The molecule has 0 aliphatic rings. The van der Waals surface area contributed by atoms with Crippen LogP contribution >= 0.6 is 7.60 Å². The molecule has 1 atom stereocenters. The molecule has 158 valence electrons. The molecule has 0 saturated heterocycles. The molecule has 0 spiro atoms. The SMILES string of the molecule is CCOP(=O)(OCC)C(C)NC(c1ccccc1)(c1ccccc1)c1ccccc1. The molecule has 0 fully saturated rings. The van der Waals surface area contributed by atoms with E-state index in [-0.39, 0.29) is 0 Å². The smallest absolute Gasteiger partial charge is 0.308 e. The number of benzene rings is 3. The van der Waals surface area contributed by atoms with E-state index in [2.05, 4.69) is 41.7 Å². The highest BCUT2D eigenvalue weighted by atomic mass is 31.2. The van der Waals surface area contributed by atoms with Crippen LogP contribution in [0, 0.1) is 0 Å². The number of nitrogens with one attached hydrogen (secondary N) is 1. The van der Waals surface area contributed by atoms with E-state index >= 15 is 0 Å². The van der Waals surface area contributed by atoms with Gasteiger partial charge in [0, 0.05) is 0 Å². The third kappa shape index (κ3) is 4.58. The molecule has 0 aliphatic carbocycles. The Kier molecular flexibility index (Phi) is 7.63. The Hall–Kier alpha value is -2.23. The van der Waals surface area contributed by atoms with Gasteiger partial charge in [0.1, 0.15) is 5.78 Å². The largest absolute Gasteiger partial charge is 0.347 e. The quantitative estimate of drug-likeness (QED) is 0.312. The van der Waals surface area contributed by atoms with Gasteiger partial charge in [0.25, 0.3) is 0 Å². The summed E-state index contributed by atoms with van der Waals surface area (Å²) in [6, 6.07) is 30.7. The lowest BCUT2D eigenvalue weighted by Gasteiger charge is -2.40. The van der Waals surface area contributed by atoms with Crippen LogP contribution < -0.4 is 5.32 Å². The standard InChI is InChI=1S/C25H30NO3P/c1-4-28-30(27,29-5-2)21(3)26-25(22-15-9-6-10-16-22,23-17-11-7-12-18-23)24-19-13-8-14-20-24/h6-21,26H,4-5H2,1-3H3. The lowest BCUT2D eigenvalue weighted by Crippen LogP contribution is -2.49. The van der Waals surface area contributed by atoms with E-state index in [0.29, 0.717) is 13.2 Å². The van der Waals surface area contributed by atoms with Gasteiger partial charge < -0.3 is 9.05 Å². The van der Waals surface area contributed by atoms with Crippen molar-refractivity contribution in [3.8, 4) is 0 Å². The zero-order valence-electron chi connectivity index (χ0n) is 17.8. The highest BCUT2D eigenvalue weighted by Gasteiger charge is 2.42. The Morgan fingerprint density at radius 1 is 0.733 bits per heavy atom. The predicted octanol–water partition coefficient (Wildman–Crippen LogP) is 6.18. The van der Waals surface area contributed by atoms with Gasteiger partial charge in [-0.05, 0) is 37.5 Å². The minimum atomic E-state index is -3.38. The summed E-state index contributed by atoms with van der Waals surface area (Å²) in [5, 5.41) is 3.68. The van der Waals surface area contributed by atoms with Crippen molar-refractivity contribution in [2.75, 3.05) is 13.2 Å². The van der Waals surface area contributed by atoms with Crippen LogP contribution in [0.1, 0.15) is 37.5 Å². The molecule has 3 aromatic carbocycles. The summed E-state index contributed by atoms with van der Waals surface area (Å²) in [5.41, 5.74) is 2.42. The average molecular weight is 423 g/mol. The van der Waals surface area contributed by atoms with Gasteiger partial charge >= 0.3 is 7.60 Å². The summed E-state index contributed by atoms with van der Waals surface area (Å²) in [6.07, 6.45) is 0. The highest BCUT2D eigenvalue weighted by Crippen LogP contribution is 2.53. The lowest BCUT2D eigenvalue weighted by atomic mass is 9.77. The van der Waals surface area contributed by atoms with Crippen LogP contribution in [0.25, 0.3) is 0 Å². The van der Waals surface area contributed by atoms with E-state index < -0.39 is 18.9 Å². The topological polar surface area (TPSA) is 47.6 Å². The molecule has 0 radical (unpaired) electrons. The first-order valence-electron chi connectivity index (χ1n) is 10.4. The van der Waals surface area contributed by atoms with Gasteiger partial charge in [-0.1, -0.05) is 91.0 Å². The van der Waals surface area contributed by atoms with Crippen molar-refractivity contribution in [2.45, 2.75) is 32.1 Å². The zero-order valence-corrected chi connectivity index (χ0v) is 18.7. The second-order valence-electron chi connectivity index (χ2n) is 7.04. The number of rotatable bonds is 10. The third-order valence-electron chi connectivity index (χ3n) is 5.14. The molecule has 0 heterocycles. The van der Waals surface area contributed by atoms with Crippen LogP contribution in [-0.2, 0) is 19.2 Å². The Bertz CT molecular complexity index is 841. The average Bonchev–Trinajstić information content (AvgIpc) is 2.79. The Morgan fingerprint density at radius 2 is 1.07 bits per heavy atom. The van der Waals surface area contributed by atoms with Gasteiger partial charge in [0.15, 0.2) is 0 Å².